The van der Waals surface area contributed by atoms with E-state index >= 15 is 0 Å². The van der Waals surface area contributed by atoms with Crippen molar-refractivity contribution >= 4 is 12.0 Å². The van der Waals surface area contributed by atoms with E-state index in [2.05, 4.69) is 20.8 Å². The molecule has 8 heteroatoms. The Bertz CT molecular complexity index is 444. The predicted molar refractivity (Wildman–Crippen MR) is 65.2 cm³/mol. The number of rotatable bonds is 6. The number of nitrogens with zero attached hydrogens (tertiary/aromatic N) is 2. The number of carbonyl (C=O) groups excluding carboxylic acids is 1. The van der Waals surface area contributed by atoms with Crippen LogP contribution >= 0.6 is 0 Å². The summed E-state index contributed by atoms with van der Waals surface area (Å²) in [6, 6.07) is -0.470. The van der Waals surface area contributed by atoms with Gasteiger partial charge in [-0.2, -0.15) is 4.98 Å². The molecule has 0 aliphatic rings. The molecule has 1 aromatic heterocycles. The molecule has 1 atom stereocenters. The van der Waals surface area contributed by atoms with Crippen LogP contribution in [0.3, 0.4) is 0 Å². The van der Waals surface area contributed by atoms with Crippen LogP contribution < -0.4 is 10.6 Å². The van der Waals surface area contributed by atoms with Crippen molar-refractivity contribution in [1.82, 2.24) is 20.8 Å². The van der Waals surface area contributed by atoms with Gasteiger partial charge in [-0.25, -0.2) is 4.79 Å². The largest absolute Gasteiger partial charge is 0.481 e. The van der Waals surface area contributed by atoms with Gasteiger partial charge in [0, 0.05) is 6.54 Å². The van der Waals surface area contributed by atoms with Gasteiger partial charge in [0.25, 0.3) is 0 Å². The Kier molecular flexibility index (Phi) is 5.28. The van der Waals surface area contributed by atoms with Gasteiger partial charge in [0.05, 0.1) is 12.5 Å². The quantitative estimate of drug-likeness (QED) is 0.694. The standard InChI is InChI=1S/C11H18N4O4/c1-6(2)8(10(16)17)4-12-11(18)13-5-9-14-7(3)15-19-9/h6,8H,4-5H2,1-3H3,(H,16,17)(H2,12,13,18). The van der Waals surface area contributed by atoms with E-state index in [0.717, 1.165) is 0 Å². The lowest BCUT2D eigenvalue weighted by Gasteiger charge is -2.16. The number of nitrogens with one attached hydrogen (secondary N) is 2. The van der Waals surface area contributed by atoms with Gasteiger partial charge in [0.15, 0.2) is 5.82 Å². The van der Waals surface area contributed by atoms with E-state index in [4.69, 9.17) is 9.63 Å². The molecule has 1 unspecified atom stereocenters. The number of aliphatic carboxylic acids is 1. The van der Waals surface area contributed by atoms with Crippen LogP contribution in [-0.2, 0) is 11.3 Å². The summed E-state index contributed by atoms with van der Waals surface area (Å²) in [6.07, 6.45) is 0. The predicted octanol–water partition coefficient (Wildman–Crippen LogP) is 0.534. The zero-order chi connectivity index (χ0) is 14.4. The van der Waals surface area contributed by atoms with Gasteiger partial charge in [-0.05, 0) is 12.8 Å². The average molecular weight is 270 g/mol. The van der Waals surface area contributed by atoms with Crippen molar-refractivity contribution in [3.63, 3.8) is 0 Å². The van der Waals surface area contributed by atoms with Crippen LogP contribution in [0.15, 0.2) is 4.52 Å². The summed E-state index contributed by atoms with van der Waals surface area (Å²) in [5.41, 5.74) is 0. The highest BCUT2D eigenvalue weighted by Crippen LogP contribution is 2.09. The van der Waals surface area contributed by atoms with E-state index in [1.54, 1.807) is 20.8 Å². The first kappa shape index (κ1) is 14.9. The van der Waals surface area contributed by atoms with Gasteiger partial charge in [0.2, 0.25) is 5.89 Å². The average Bonchev–Trinajstić information content (AvgIpc) is 2.71. The molecule has 1 aromatic rings. The summed E-state index contributed by atoms with van der Waals surface area (Å²) in [7, 11) is 0. The van der Waals surface area contributed by atoms with Crippen molar-refractivity contribution in [2.45, 2.75) is 27.3 Å². The van der Waals surface area contributed by atoms with Gasteiger partial charge < -0.3 is 20.3 Å². The van der Waals surface area contributed by atoms with Crippen molar-refractivity contribution in [3.8, 4) is 0 Å². The van der Waals surface area contributed by atoms with Gasteiger partial charge >= 0.3 is 12.0 Å². The summed E-state index contributed by atoms with van der Waals surface area (Å²) in [5, 5.41) is 17.5. The number of hydrogen-bond donors (Lipinski definition) is 3. The lowest BCUT2D eigenvalue weighted by atomic mass is 9.96. The van der Waals surface area contributed by atoms with Crippen LogP contribution in [0.5, 0.6) is 0 Å². The number of carbonyl (C=O) groups is 2. The van der Waals surface area contributed by atoms with E-state index in [-0.39, 0.29) is 19.0 Å². The molecule has 0 spiro atoms. The number of hydrogen-bond acceptors (Lipinski definition) is 5. The smallest absolute Gasteiger partial charge is 0.315 e. The zero-order valence-corrected chi connectivity index (χ0v) is 11.1. The molecule has 8 nitrogen and oxygen atoms in total. The first-order valence-electron chi connectivity index (χ1n) is 5.93. The topological polar surface area (TPSA) is 117 Å². The molecule has 106 valence electrons. The fraction of sp³-hybridized carbons (Fsp3) is 0.636. The van der Waals surface area contributed by atoms with E-state index in [1.165, 1.54) is 0 Å². The molecule has 2 amide bonds. The monoisotopic (exact) mass is 270 g/mol. The fourth-order valence-electron chi connectivity index (χ4n) is 1.44. The van der Waals surface area contributed by atoms with Crippen molar-refractivity contribution < 1.29 is 19.2 Å². The van der Waals surface area contributed by atoms with E-state index in [9.17, 15) is 9.59 Å². The molecule has 1 rings (SSSR count). The van der Waals surface area contributed by atoms with E-state index < -0.39 is 17.9 Å². The minimum atomic E-state index is -0.928. The first-order valence-corrected chi connectivity index (χ1v) is 5.93. The molecule has 0 aromatic carbocycles. The highest BCUT2D eigenvalue weighted by molar-refractivity contribution is 5.75. The third-order valence-corrected chi connectivity index (χ3v) is 2.57. The Balaban J connectivity index is 2.33. The number of amides is 2. The molecule has 0 aliphatic heterocycles. The van der Waals surface area contributed by atoms with Crippen LogP contribution in [0.4, 0.5) is 4.79 Å². The number of aryl methyl sites for hydroxylation is 1. The van der Waals surface area contributed by atoms with Crippen molar-refractivity contribution in [2.75, 3.05) is 6.54 Å². The number of urea groups is 1. The van der Waals surface area contributed by atoms with Gasteiger partial charge in [-0.3, -0.25) is 4.79 Å². The lowest BCUT2D eigenvalue weighted by Crippen LogP contribution is -2.41. The van der Waals surface area contributed by atoms with Crippen molar-refractivity contribution in [2.24, 2.45) is 11.8 Å². The third kappa shape index (κ3) is 4.94. The Hall–Kier alpha value is -2.12. The van der Waals surface area contributed by atoms with Crippen molar-refractivity contribution in [1.29, 1.82) is 0 Å². The van der Waals surface area contributed by atoms with Gasteiger partial charge in [0.1, 0.15) is 0 Å². The minimum absolute atomic E-state index is 0.0589. The molecular weight excluding hydrogens is 252 g/mol. The summed E-state index contributed by atoms with van der Waals surface area (Å²) >= 11 is 0. The molecule has 0 aliphatic carbocycles. The van der Waals surface area contributed by atoms with Gasteiger partial charge in [-0.1, -0.05) is 19.0 Å². The lowest BCUT2D eigenvalue weighted by molar-refractivity contribution is -0.142. The second-order valence-electron chi connectivity index (χ2n) is 4.49. The summed E-state index contributed by atoms with van der Waals surface area (Å²) < 4.78 is 4.82. The van der Waals surface area contributed by atoms with Crippen LogP contribution in [-0.4, -0.2) is 33.8 Å². The molecule has 0 saturated heterocycles. The second kappa shape index (κ2) is 6.72. The van der Waals surface area contributed by atoms with Crippen LogP contribution in [0.1, 0.15) is 25.6 Å². The molecule has 3 N–H and O–H groups in total. The Morgan fingerprint density at radius 3 is 2.53 bits per heavy atom. The Labute approximate surface area is 110 Å². The molecule has 1 heterocycles. The summed E-state index contributed by atoms with van der Waals surface area (Å²) in [5.74, 6) is -0.815. The highest BCUT2D eigenvalue weighted by atomic mass is 16.5. The molecule has 0 bridgehead atoms. The molecule has 19 heavy (non-hydrogen) atoms. The minimum Gasteiger partial charge on any atom is -0.481 e. The van der Waals surface area contributed by atoms with Crippen LogP contribution in [0, 0.1) is 18.8 Å². The normalized spacial score (nSPS) is 12.2. The molecule has 0 radical (unpaired) electrons. The maximum absolute atomic E-state index is 11.5. The zero-order valence-electron chi connectivity index (χ0n) is 11.1. The van der Waals surface area contributed by atoms with Crippen LogP contribution in [0.25, 0.3) is 0 Å². The van der Waals surface area contributed by atoms with Gasteiger partial charge in [-0.15, -0.1) is 0 Å². The summed E-state index contributed by atoms with van der Waals surface area (Å²) in [4.78, 5) is 26.3. The maximum Gasteiger partial charge on any atom is 0.315 e. The van der Waals surface area contributed by atoms with Crippen LogP contribution in [0.2, 0.25) is 0 Å². The Morgan fingerprint density at radius 1 is 1.37 bits per heavy atom. The molecule has 0 fully saturated rings. The van der Waals surface area contributed by atoms with E-state index in [0.29, 0.717) is 11.7 Å². The van der Waals surface area contributed by atoms with E-state index in [1.807, 2.05) is 0 Å². The Morgan fingerprint density at radius 2 is 2.05 bits per heavy atom. The number of carboxylic acids is 1. The highest BCUT2D eigenvalue weighted by Gasteiger charge is 2.21. The fourth-order valence-corrected chi connectivity index (χ4v) is 1.44. The first-order chi connectivity index (χ1) is 8.90. The molecular formula is C11H18N4O4. The SMILES string of the molecule is Cc1noc(CNC(=O)NCC(C(=O)O)C(C)C)n1. The maximum atomic E-state index is 11.5. The van der Waals surface area contributed by atoms with Crippen molar-refractivity contribution in [3.05, 3.63) is 11.7 Å². The summed E-state index contributed by atoms with van der Waals surface area (Å²) in [6.45, 7) is 5.43. The third-order valence-electron chi connectivity index (χ3n) is 2.57. The number of carboxylic acid groups (broad SMARTS) is 1. The second-order valence-corrected chi connectivity index (χ2v) is 4.49. The number of aromatic nitrogens is 2. The molecule has 0 saturated carbocycles.